The van der Waals surface area contributed by atoms with Crippen LogP contribution in [0.1, 0.15) is 33.0 Å². The maximum atomic E-state index is 5.58. The van der Waals surface area contributed by atoms with Crippen LogP contribution < -0.4 is 10.6 Å². The minimum Gasteiger partial charge on any atom is -0.381 e. The molecule has 0 aliphatic rings. The minimum absolute atomic E-state index is 0. The third-order valence-electron chi connectivity index (χ3n) is 3.54. The molecule has 2 N–H and O–H groups in total. The van der Waals surface area contributed by atoms with Crippen LogP contribution in [0.15, 0.2) is 29.4 Å². The number of halogens is 1. The number of fused-ring (bicyclic) bond motifs is 1. The largest absolute Gasteiger partial charge is 0.381 e. The van der Waals surface area contributed by atoms with Crippen molar-refractivity contribution >= 4 is 35.6 Å². The SMILES string of the molecule is CCNC(=NCCCOCC(C)C)NCCc1nnc2ccccn12.I. The van der Waals surface area contributed by atoms with E-state index in [1.807, 2.05) is 28.8 Å². The van der Waals surface area contributed by atoms with Gasteiger partial charge in [-0.05, 0) is 31.4 Å². The van der Waals surface area contributed by atoms with Gasteiger partial charge in [-0.15, -0.1) is 34.2 Å². The molecule has 0 fully saturated rings. The molecule has 2 heterocycles. The van der Waals surface area contributed by atoms with Crippen molar-refractivity contribution in [3.05, 3.63) is 30.2 Å². The molecule has 2 rings (SSSR count). The first-order valence-corrected chi connectivity index (χ1v) is 9.09. The molecule has 0 unspecified atom stereocenters. The van der Waals surface area contributed by atoms with Crippen LogP contribution in [0.5, 0.6) is 0 Å². The highest BCUT2D eigenvalue weighted by Crippen LogP contribution is 2.02. The summed E-state index contributed by atoms with van der Waals surface area (Å²) in [6.07, 6.45) is 3.70. The highest BCUT2D eigenvalue weighted by atomic mass is 127. The summed E-state index contributed by atoms with van der Waals surface area (Å²) in [6.45, 7) is 10.3. The predicted octanol–water partition coefficient (Wildman–Crippen LogP) is 2.51. The molecular formula is C18H31IN6O. The second-order valence-electron chi connectivity index (χ2n) is 6.30. The van der Waals surface area contributed by atoms with Crippen molar-refractivity contribution in [3.63, 3.8) is 0 Å². The highest BCUT2D eigenvalue weighted by molar-refractivity contribution is 14.0. The van der Waals surface area contributed by atoms with Crippen molar-refractivity contribution in [1.29, 1.82) is 0 Å². The van der Waals surface area contributed by atoms with Gasteiger partial charge in [0, 0.05) is 45.5 Å². The first-order valence-electron chi connectivity index (χ1n) is 9.09. The molecule has 0 atom stereocenters. The lowest BCUT2D eigenvalue weighted by Gasteiger charge is -2.11. The zero-order chi connectivity index (χ0) is 17.9. The summed E-state index contributed by atoms with van der Waals surface area (Å²) in [5.74, 6) is 2.36. The van der Waals surface area contributed by atoms with E-state index in [2.05, 4.69) is 46.6 Å². The Balaban J connectivity index is 0.00000338. The molecule has 0 aliphatic heterocycles. The van der Waals surface area contributed by atoms with Gasteiger partial charge in [0.25, 0.3) is 0 Å². The van der Waals surface area contributed by atoms with Crippen LogP contribution >= 0.6 is 24.0 Å². The smallest absolute Gasteiger partial charge is 0.191 e. The predicted molar refractivity (Wildman–Crippen MR) is 116 cm³/mol. The number of guanidine groups is 1. The number of nitrogens with one attached hydrogen (secondary N) is 2. The molecule has 0 bridgehead atoms. The second-order valence-corrected chi connectivity index (χ2v) is 6.30. The first-order chi connectivity index (χ1) is 12.2. The number of nitrogens with zero attached hydrogens (tertiary/aromatic N) is 4. The number of aliphatic imine (C=N–C) groups is 1. The fourth-order valence-electron chi connectivity index (χ4n) is 2.37. The van der Waals surface area contributed by atoms with Gasteiger partial charge >= 0.3 is 0 Å². The lowest BCUT2D eigenvalue weighted by molar-refractivity contribution is 0.109. The molecule has 2 aromatic heterocycles. The maximum absolute atomic E-state index is 5.58. The van der Waals surface area contributed by atoms with E-state index in [0.717, 1.165) is 63.1 Å². The Hall–Kier alpha value is -1.42. The van der Waals surface area contributed by atoms with E-state index < -0.39 is 0 Å². The molecule has 2 aromatic rings. The van der Waals surface area contributed by atoms with Gasteiger partial charge in [0.2, 0.25) is 0 Å². The number of aromatic nitrogens is 3. The summed E-state index contributed by atoms with van der Waals surface area (Å²) in [7, 11) is 0. The monoisotopic (exact) mass is 474 g/mol. The summed E-state index contributed by atoms with van der Waals surface area (Å²) in [6, 6.07) is 5.91. The van der Waals surface area contributed by atoms with Crippen LogP contribution in [0.3, 0.4) is 0 Å². The lowest BCUT2D eigenvalue weighted by atomic mass is 10.2. The normalized spacial score (nSPS) is 11.6. The Bertz CT molecular complexity index is 658. The van der Waals surface area contributed by atoms with Crippen molar-refractivity contribution < 1.29 is 4.74 Å². The zero-order valence-electron chi connectivity index (χ0n) is 15.9. The third-order valence-corrected chi connectivity index (χ3v) is 3.54. The Morgan fingerprint density at radius 3 is 2.88 bits per heavy atom. The van der Waals surface area contributed by atoms with Gasteiger partial charge in [0.05, 0.1) is 0 Å². The minimum atomic E-state index is 0. The van der Waals surface area contributed by atoms with Crippen molar-refractivity contribution in [1.82, 2.24) is 25.2 Å². The molecule has 0 radical (unpaired) electrons. The van der Waals surface area contributed by atoms with Crippen LogP contribution in [0, 0.1) is 5.92 Å². The molecule has 7 nitrogen and oxygen atoms in total. The molecule has 0 spiro atoms. The van der Waals surface area contributed by atoms with Gasteiger partial charge in [0.15, 0.2) is 11.6 Å². The lowest BCUT2D eigenvalue weighted by Crippen LogP contribution is -2.38. The topological polar surface area (TPSA) is 75.8 Å². The van der Waals surface area contributed by atoms with Crippen LogP contribution in [0.4, 0.5) is 0 Å². The van der Waals surface area contributed by atoms with Gasteiger partial charge in [-0.2, -0.15) is 0 Å². The summed E-state index contributed by atoms with van der Waals surface area (Å²) in [4.78, 5) is 4.58. The van der Waals surface area contributed by atoms with Gasteiger partial charge in [-0.3, -0.25) is 9.39 Å². The molecule has 0 amide bonds. The number of ether oxygens (including phenoxy) is 1. The second kappa shape index (κ2) is 12.9. The van der Waals surface area contributed by atoms with Gasteiger partial charge in [0.1, 0.15) is 5.82 Å². The molecule has 0 saturated heterocycles. The first kappa shape index (κ1) is 22.6. The standard InChI is InChI=1S/C18H30N6O.HI/c1-4-19-18(20-10-7-13-25-14-15(2)3)21-11-9-17-23-22-16-8-5-6-12-24(16)17;/h5-6,8,12,15H,4,7,9-11,13-14H2,1-3H3,(H2,19,20,21);1H. The van der Waals surface area contributed by atoms with Crippen molar-refractivity contribution in [3.8, 4) is 0 Å². The van der Waals surface area contributed by atoms with Crippen LogP contribution in [0.25, 0.3) is 5.65 Å². The van der Waals surface area contributed by atoms with E-state index in [1.165, 1.54) is 0 Å². The zero-order valence-corrected chi connectivity index (χ0v) is 18.3. The Morgan fingerprint density at radius 2 is 2.12 bits per heavy atom. The molecule has 146 valence electrons. The molecule has 0 saturated carbocycles. The summed E-state index contributed by atoms with van der Waals surface area (Å²) in [5.41, 5.74) is 0.875. The van der Waals surface area contributed by atoms with Crippen LogP contribution in [-0.4, -0.2) is 53.4 Å². The molecule has 26 heavy (non-hydrogen) atoms. The Kier molecular flexibility index (Phi) is 11.2. The fraction of sp³-hybridized carbons (Fsp3) is 0.611. The molecule has 8 heteroatoms. The summed E-state index contributed by atoms with van der Waals surface area (Å²) < 4.78 is 7.59. The summed E-state index contributed by atoms with van der Waals surface area (Å²) in [5, 5.41) is 15.0. The Morgan fingerprint density at radius 1 is 1.27 bits per heavy atom. The van der Waals surface area contributed by atoms with Crippen molar-refractivity contribution in [2.75, 3.05) is 32.8 Å². The average Bonchev–Trinajstić information content (AvgIpc) is 3.01. The average molecular weight is 474 g/mol. The van der Waals surface area contributed by atoms with E-state index in [1.54, 1.807) is 0 Å². The quantitative estimate of drug-likeness (QED) is 0.240. The highest BCUT2D eigenvalue weighted by Gasteiger charge is 2.04. The van der Waals surface area contributed by atoms with E-state index in [-0.39, 0.29) is 24.0 Å². The van der Waals surface area contributed by atoms with Crippen molar-refractivity contribution in [2.45, 2.75) is 33.6 Å². The fourth-order valence-corrected chi connectivity index (χ4v) is 2.37. The van der Waals surface area contributed by atoms with Crippen LogP contribution in [0.2, 0.25) is 0 Å². The van der Waals surface area contributed by atoms with Crippen molar-refractivity contribution in [2.24, 2.45) is 10.9 Å². The number of pyridine rings is 1. The molecule has 0 aliphatic carbocycles. The van der Waals surface area contributed by atoms with Crippen LogP contribution in [-0.2, 0) is 11.2 Å². The van der Waals surface area contributed by atoms with E-state index in [9.17, 15) is 0 Å². The number of rotatable bonds is 10. The Labute approximate surface area is 173 Å². The van der Waals surface area contributed by atoms with E-state index in [4.69, 9.17) is 4.74 Å². The number of hydrogen-bond donors (Lipinski definition) is 2. The van der Waals surface area contributed by atoms with E-state index in [0.29, 0.717) is 5.92 Å². The van der Waals surface area contributed by atoms with Gasteiger partial charge < -0.3 is 15.4 Å². The summed E-state index contributed by atoms with van der Waals surface area (Å²) >= 11 is 0. The van der Waals surface area contributed by atoms with Gasteiger partial charge in [-0.25, -0.2) is 0 Å². The third kappa shape index (κ3) is 7.86. The molecular weight excluding hydrogens is 443 g/mol. The molecule has 0 aromatic carbocycles. The number of hydrogen-bond acceptors (Lipinski definition) is 4. The van der Waals surface area contributed by atoms with E-state index >= 15 is 0 Å². The maximum Gasteiger partial charge on any atom is 0.191 e. The van der Waals surface area contributed by atoms with Gasteiger partial charge in [-0.1, -0.05) is 19.9 Å².